The van der Waals surface area contributed by atoms with Gasteiger partial charge in [-0.2, -0.15) is 0 Å². The van der Waals surface area contributed by atoms with Crippen molar-refractivity contribution in [1.29, 1.82) is 0 Å². The van der Waals surface area contributed by atoms with Crippen molar-refractivity contribution >= 4 is 18.0 Å². The molecule has 1 aromatic rings. The fourth-order valence-corrected chi connectivity index (χ4v) is 2.40. The monoisotopic (exact) mass is 288 g/mol. The lowest BCUT2D eigenvalue weighted by Crippen LogP contribution is -2.19. The third-order valence-electron chi connectivity index (χ3n) is 3.58. The molecule has 0 saturated heterocycles. The number of esters is 2. The Morgan fingerprint density at radius 3 is 2.38 bits per heavy atom. The Kier molecular flexibility index (Phi) is 5.55. The van der Waals surface area contributed by atoms with Gasteiger partial charge in [0.2, 0.25) is 0 Å². The van der Waals surface area contributed by atoms with E-state index in [1.165, 1.54) is 19.6 Å². The van der Waals surface area contributed by atoms with Gasteiger partial charge in [0.1, 0.15) is 6.10 Å². The van der Waals surface area contributed by atoms with Crippen LogP contribution in [-0.4, -0.2) is 25.2 Å². The van der Waals surface area contributed by atoms with Crippen molar-refractivity contribution in [3.63, 3.8) is 0 Å². The Hall–Kier alpha value is -2.10. The number of hydrogen-bond donors (Lipinski definition) is 0. The van der Waals surface area contributed by atoms with Crippen molar-refractivity contribution in [3.8, 4) is 0 Å². The molecule has 0 heterocycles. The highest BCUT2D eigenvalue weighted by Gasteiger charge is 2.16. The predicted molar refractivity (Wildman–Crippen MR) is 79.8 cm³/mol. The summed E-state index contributed by atoms with van der Waals surface area (Å²) in [5.41, 5.74) is 1.32. The van der Waals surface area contributed by atoms with Crippen LogP contribution in [0.5, 0.6) is 0 Å². The van der Waals surface area contributed by atoms with Gasteiger partial charge in [0, 0.05) is 6.08 Å². The third-order valence-corrected chi connectivity index (χ3v) is 3.58. The molecule has 0 aromatic heterocycles. The molecule has 0 unspecified atom stereocenters. The minimum atomic E-state index is -0.373. The van der Waals surface area contributed by atoms with Crippen LogP contribution in [0.1, 0.15) is 48.0 Å². The zero-order valence-electron chi connectivity index (χ0n) is 12.2. The lowest BCUT2D eigenvalue weighted by atomic mass is 9.98. The maximum absolute atomic E-state index is 11.7. The maximum Gasteiger partial charge on any atom is 0.337 e. The molecule has 0 amide bonds. The van der Waals surface area contributed by atoms with Crippen LogP contribution in [0.3, 0.4) is 0 Å². The van der Waals surface area contributed by atoms with E-state index in [0.29, 0.717) is 5.56 Å². The van der Waals surface area contributed by atoms with E-state index in [9.17, 15) is 9.59 Å². The number of methoxy groups -OCH3 is 1. The number of hydrogen-bond acceptors (Lipinski definition) is 4. The number of carbonyl (C=O) groups excluding carboxylic acids is 2. The van der Waals surface area contributed by atoms with Crippen molar-refractivity contribution in [3.05, 3.63) is 41.5 Å². The number of benzene rings is 1. The summed E-state index contributed by atoms with van der Waals surface area (Å²) < 4.78 is 10.0. The van der Waals surface area contributed by atoms with E-state index in [0.717, 1.165) is 31.2 Å². The summed E-state index contributed by atoms with van der Waals surface area (Å²) in [6.07, 6.45) is 8.62. The van der Waals surface area contributed by atoms with Gasteiger partial charge in [-0.25, -0.2) is 9.59 Å². The SMILES string of the molecule is COC(=O)c1ccc(/C=C/C(=O)OC2CCCCC2)cc1. The van der Waals surface area contributed by atoms with E-state index in [1.54, 1.807) is 30.3 Å². The lowest BCUT2D eigenvalue weighted by molar-refractivity contribution is -0.144. The Labute approximate surface area is 124 Å². The molecular formula is C17H20O4. The van der Waals surface area contributed by atoms with Crippen LogP contribution in [0.25, 0.3) is 6.08 Å². The molecule has 21 heavy (non-hydrogen) atoms. The second-order valence-corrected chi connectivity index (χ2v) is 5.14. The first-order chi connectivity index (χ1) is 10.2. The van der Waals surface area contributed by atoms with E-state index in [-0.39, 0.29) is 18.0 Å². The summed E-state index contributed by atoms with van der Waals surface area (Å²) >= 11 is 0. The van der Waals surface area contributed by atoms with E-state index in [2.05, 4.69) is 4.74 Å². The molecule has 2 rings (SSSR count). The van der Waals surface area contributed by atoms with Crippen LogP contribution < -0.4 is 0 Å². The first kappa shape index (κ1) is 15.3. The lowest BCUT2D eigenvalue weighted by Gasteiger charge is -2.20. The summed E-state index contributed by atoms with van der Waals surface area (Å²) in [5, 5.41) is 0. The van der Waals surface area contributed by atoms with Crippen molar-refractivity contribution in [2.45, 2.75) is 38.2 Å². The van der Waals surface area contributed by atoms with Crippen molar-refractivity contribution in [2.75, 3.05) is 7.11 Å². The van der Waals surface area contributed by atoms with Crippen molar-refractivity contribution < 1.29 is 19.1 Å². The smallest absolute Gasteiger partial charge is 0.337 e. The van der Waals surface area contributed by atoms with Gasteiger partial charge < -0.3 is 9.47 Å². The fraction of sp³-hybridized carbons (Fsp3) is 0.412. The molecule has 0 atom stereocenters. The molecular weight excluding hydrogens is 268 g/mol. The molecule has 0 N–H and O–H groups in total. The topological polar surface area (TPSA) is 52.6 Å². The minimum absolute atomic E-state index is 0.0672. The molecule has 1 fully saturated rings. The number of ether oxygens (including phenoxy) is 2. The molecule has 0 spiro atoms. The van der Waals surface area contributed by atoms with Gasteiger partial charge >= 0.3 is 11.9 Å². The van der Waals surface area contributed by atoms with Gasteiger partial charge in [-0.3, -0.25) is 0 Å². The van der Waals surface area contributed by atoms with Crippen LogP contribution in [0.4, 0.5) is 0 Å². The number of carbonyl (C=O) groups is 2. The van der Waals surface area contributed by atoms with Crippen LogP contribution in [0.15, 0.2) is 30.3 Å². The van der Waals surface area contributed by atoms with E-state index in [1.807, 2.05) is 0 Å². The zero-order chi connectivity index (χ0) is 15.1. The van der Waals surface area contributed by atoms with Crippen molar-refractivity contribution in [1.82, 2.24) is 0 Å². The third kappa shape index (κ3) is 4.74. The molecule has 0 aliphatic heterocycles. The van der Waals surface area contributed by atoms with Crippen LogP contribution in [0.2, 0.25) is 0 Å². The van der Waals surface area contributed by atoms with E-state index < -0.39 is 0 Å². The van der Waals surface area contributed by atoms with Gasteiger partial charge in [-0.1, -0.05) is 18.6 Å². The first-order valence-electron chi connectivity index (χ1n) is 7.26. The second kappa shape index (κ2) is 7.62. The highest BCUT2D eigenvalue weighted by atomic mass is 16.5. The minimum Gasteiger partial charge on any atom is -0.465 e. The highest BCUT2D eigenvalue weighted by Crippen LogP contribution is 2.20. The second-order valence-electron chi connectivity index (χ2n) is 5.14. The summed E-state index contributed by atoms with van der Waals surface area (Å²) in [6, 6.07) is 6.85. The van der Waals surface area contributed by atoms with Crippen LogP contribution >= 0.6 is 0 Å². The summed E-state index contributed by atoms with van der Waals surface area (Å²) in [7, 11) is 1.34. The van der Waals surface area contributed by atoms with Gasteiger partial charge in [-0.15, -0.1) is 0 Å². The molecule has 4 nitrogen and oxygen atoms in total. The quantitative estimate of drug-likeness (QED) is 0.629. The largest absolute Gasteiger partial charge is 0.465 e. The van der Waals surface area contributed by atoms with Crippen LogP contribution in [0, 0.1) is 0 Å². The van der Waals surface area contributed by atoms with Gasteiger partial charge in [0.05, 0.1) is 12.7 Å². The number of rotatable bonds is 4. The molecule has 1 aromatic carbocycles. The summed E-state index contributed by atoms with van der Waals surface area (Å²) in [5.74, 6) is -0.679. The fourth-order valence-electron chi connectivity index (χ4n) is 2.40. The Bertz CT molecular complexity index is 510. The Morgan fingerprint density at radius 2 is 1.76 bits per heavy atom. The van der Waals surface area contributed by atoms with Gasteiger partial charge in [-0.05, 0) is 49.5 Å². The zero-order valence-corrected chi connectivity index (χ0v) is 12.2. The van der Waals surface area contributed by atoms with Gasteiger partial charge in [0.25, 0.3) is 0 Å². The summed E-state index contributed by atoms with van der Waals surface area (Å²) in [6.45, 7) is 0. The van der Waals surface area contributed by atoms with Gasteiger partial charge in [0.15, 0.2) is 0 Å². The highest BCUT2D eigenvalue weighted by molar-refractivity contribution is 5.90. The average Bonchev–Trinajstić information content (AvgIpc) is 2.53. The maximum atomic E-state index is 11.7. The molecule has 0 radical (unpaired) electrons. The van der Waals surface area contributed by atoms with E-state index in [4.69, 9.17) is 4.74 Å². The van der Waals surface area contributed by atoms with E-state index >= 15 is 0 Å². The molecule has 1 aliphatic carbocycles. The average molecular weight is 288 g/mol. The Balaban J connectivity index is 1.87. The Morgan fingerprint density at radius 1 is 1.10 bits per heavy atom. The molecule has 112 valence electrons. The molecule has 1 aliphatic rings. The standard InChI is InChI=1S/C17H20O4/c1-20-17(19)14-10-7-13(8-11-14)9-12-16(18)21-15-5-3-2-4-6-15/h7-12,15H,2-6H2,1H3/b12-9+. The first-order valence-corrected chi connectivity index (χ1v) is 7.26. The van der Waals surface area contributed by atoms with Crippen LogP contribution in [-0.2, 0) is 14.3 Å². The molecule has 4 heteroatoms. The van der Waals surface area contributed by atoms with Crippen molar-refractivity contribution in [2.24, 2.45) is 0 Å². The normalized spacial score (nSPS) is 15.9. The molecule has 1 saturated carbocycles. The predicted octanol–water partition coefficient (Wildman–Crippen LogP) is 3.36. The summed E-state index contributed by atoms with van der Waals surface area (Å²) in [4.78, 5) is 23.0. The molecule has 0 bridgehead atoms.